The van der Waals surface area contributed by atoms with Crippen LogP contribution in [0.25, 0.3) is 11.0 Å². The predicted octanol–water partition coefficient (Wildman–Crippen LogP) is 3.18. The van der Waals surface area contributed by atoms with Crippen LogP contribution in [0.15, 0.2) is 36.4 Å². The van der Waals surface area contributed by atoms with Crippen molar-refractivity contribution in [3.8, 4) is 0 Å². The molecule has 12 heteroatoms. The van der Waals surface area contributed by atoms with Crippen molar-refractivity contribution in [2.24, 2.45) is 11.1 Å². The molecule has 3 aromatic rings. The van der Waals surface area contributed by atoms with Crippen molar-refractivity contribution in [1.29, 1.82) is 5.41 Å². The van der Waals surface area contributed by atoms with E-state index in [0.717, 1.165) is 31.7 Å². The van der Waals surface area contributed by atoms with Crippen molar-refractivity contribution in [1.82, 2.24) is 30.2 Å². The zero-order valence-electron chi connectivity index (χ0n) is 24.0. The number of carbonyl (C=O) groups excluding carboxylic acids is 1. The maximum absolute atomic E-state index is 12.9. The fourth-order valence-corrected chi connectivity index (χ4v) is 4.27. The number of nitrogens with zero attached hydrogens (tertiary/aromatic N) is 6. The number of hydrogen-bond acceptors (Lipinski definition) is 11. The van der Waals surface area contributed by atoms with Gasteiger partial charge in [-0.05, 0) is 44.5 Å². The molecule has 0 saturated carbocycles. The lowest BCUT2D eigenvalue weighted by Crippen LogP contribution is -2.49. The van der Waals surface area contributed by atoms with Gasteiger partial charge in [0.15, 0.2) is 11.6 Å². The molecule has 212 valence electrons. The van der Waals surface area contributed by atoms with Crippen LogP contribution in [-0.4, -0.2) is 68.7 Å². The number of nitrogens with two attached hydrogens (primary N) is 2. The van der Waals surface area contributed by atoms with Crippen LogP contribution in [-0.2, 0) is 0 Å². The molecule has 0 unspecified atom stereocenters. The molecule has 0 radical (unpaired) electrons. The first-order chi connectivity index (χ1) is 18.8. The molecule has 12 nitrogen and oxygen atoms in total. The fourth-order valence-electron chi connectivity index (χ4n) is 4.27. The second-order valence-corrected chi connectivity index (χ2v) is 11.3. The van der Waals surface area contributed by atoms with E-state index in [1.165, 1.54) is 12.4 Å². The third kappa shape index (κ3) is 6.45. The average Bonchev–Trinajstić information content (AvgIpc) is 2.89. The number of piperazine rings is 1. The number of aryl methyl sites for hydroxylation is 1. The van der Waals surface area contributed by atoms with Crippen LogP contribution >= 0.6 is 0 Å². The summed E-state index contributed by atoms with van der Waals surface area (Å²) in [7, 11) is 0. The van der Waals surface area contributed by atoms with Crippen molar-refractivity contribution in [3.05, 3.63) is 47.6 Å². The summed E-state index contributed by atoms with van der Waals surface area (Å²) < 4.78 is 0. The van der Waals surface area contributed by atoms with Crippen LogP contribution in [0.2, 0.25) is 0 Å². The number of fused-ring (bicyclic) bond motifs is 1. The van der Waals surface area contributed by atoms with Crippen molar-refractivity contribution < 1.29 is 4.79 Å². The third-order valence-corrected chi connectivity index (χ3v) is 6.94. The number of hydrogen-bond donors (Lipinski definition) is 5. The van der Waals surface area contributed by atoms with Gasteiger partial charge in [0.1, 0.15) is 23.2 Å². The van der Waals surface area contributed by atoms with Gasteiger partial charge in [0.2, 0.25) is 5.95 Å². The van der Waals surface area contributed by atoms with Crippen LogP contribution in [0.1, 0.15) is 50.5 Å². The van der Waals surface area contributed by atoms with Crippen molar-refractivity contribution in [3.63, 3.8) is 0 Å². The Bertz CT molecular complexity index is 1450. The van der Waals surface area contributed by atoms with E-state index in [4.69, 9.17) is 21.9 Å². The van der Waals surface area contributed by atoms with Crippen LogP contribution in [0.5, 0.6) is 0 Å². The number of aromatic nitrogens is 4. The lowest BCUT2D eigenvalue weighted by molar-refractivity contribution is 0.0965. The highest BCUT2D eigenvalue weighted by Gasteiger charge is 2.23. The van der Waals surface area contributed by atoms with E-state index in [1.54, 1.807) is 12.1 Å². The van der Waals surface area contributed by atoms with Gasteiger partial charge in [0, 0.05) is 54.6 Å². The number of benzene rings is 1. The molecular formula is C28H39N11O. The largest absolute Gasteiger partial charge is 0.385 e. The van der Waals surface area contributed by atoms with Gasteiger partial charge in [-0.1, -0.05) is 26.8 Å². The number of amides is 1. The van der Waals surface area contributed by atoms with Gasteiger partial charge in [0.25, 0.3) is 5.91 Å². The summed E-state index contributed by atoms with van der Waals surface area (Å²) in [6.45, 7) is 15.5. The monoisotopic (exact) mass is 545 g/mol. The number of nitrogen functional groups attached to an aromatic ring is 1. The molecule has 1 saturated heterocycles. The molecule has 3 heterocycles. The number of anilines is 4. The molecule has 1 aliphatic heterocycles. The lowest BCUT2D eigenvalue weighted by Gasteiger charge is -2.37. The Balaban J connectivity index is 1.59. The summed E-state index contributed by atoms with van der Waals surface area (Å²) in [5, 5.41) is 14.1. The average molecular weight is 546 g/mol. The Morgan fingerprint density at radius 2 is 1.80 bits per heavy atom. The molecule has 2 aromatic heterocycles. The minimum absolute atomic E-state index is 0.107. The Hall–Kier alpha value is -4.32. The molecule has 0 atom stereocenters. The maximum atomic E-state index is 12.9. The molecule has 1 aromatic carbocycles. The van der Waals surface area contributed by atoms with Crippen LogP contribution in [0.3, 0.4) is 0 Å². The Kier molecular flexibility index (Phi) is 8.19. The van der Waals surface area contributed by atoms with Crippen LogP contribution in [0.4, 0.5) is 23.3 Å². The zero-order valence-corrected chi connectivity index (χ0v) is 24.0. The second-order valence-electron chi connectivity index (χ2n) is 11.3. The molecule has 1 amide bonds. The molecule has 1 aliphatic rings. The summed E-state index contributed by atoms with van der Waals surface area (Å²) >= 11 is 0. The molecule has 0 aliphatic carbocycles. The summed E-state index contributed by atoms with van der Waals surface area (Å²) in [5.41, 5.74) is 15.1. The molecule has 1 fully saturated rings. The van der Waals surface area contributed by atoms with E-state index >= 15 is 0 Å². The molecule has 40 heavy (non-hydrogen) atoms. The number of allylic oxidation sites excluding steroid dienone is 1. The maximum Gasteiger partial charge on any atom is 0.256 e. The predicted molar refractivity (Wildman–Crippen MR) is 160 cm³/mol. The summed E-state index contributed by atoms with van der Waals surface area (Å²) in [5.74, 6) is 1.000. The molecular weight excluding hydrogens is 506 g/mol. The van der Waals surface area contributed by atoms with Gasteiger partial charge in [-0.2, -0.15) is 4.98 Å². The first-order valence-electron chi connectivity index (χ1n) is 13.4. The normalized spacial score (nSPS) is 15.0. The highest BCUT2D eigenvalue weighted by molar-refractivity contribution is 6.00. The number of carbonyl (C=O) groups is 1. The highest BCUT2D eigenvalue weighted by Crippen LogP contribution is 2.28. The van der Waals surface area contributed by atoms with Crippen LogP contribution in [0, 0.1) is 17.7 Å². The van der Waals surface area contributed by atoms with E-state index < -0.39 is 0 Å². The van der Waals surface area contributed by atoms with Gasteiger partial charge in [0.05, 0.1) is 0 Å². The third-order valence-electron chi connectivity index (χ3n) is 6.94. The van der Waals surface area contributed by atoms with Crippen molar-refractivity contribution in [2.75, 3.05) is 42.1 Å². The smallest absolute Gasteiger partial charge is 0.256 e. The van der Waals surface area contributed by atoms with E-state index in [-0.39, 0.29) is 23.0 Å². The van der Waals surface area contributed by atoms with E-state index in [0.29, 0.717) is 45.8 Å². The van der Waals surface area contributed by atoms with E-state index in [9.17, 15) is 4.79 Å². The SMILES string of the molecule is Cc1ccc(C(=O)N/C(N)=C/C(=N)C(C)(C)C)cc1Nc1ncnc2c(N)nc(N3CCN(C(C)C)CC3)nc12. The molecule has 4 rings (SSSR count). The molecule has 0 bridgehead atoms. The van der Waals surface area contributed by atoms with Gasteiger partial charge in [-0.3, -0.25) is 9.69 Å². The van der Waals surface area contributed by atoms with Gasteiger partial charge in [-0.25, -0.2) is 15.0 Å². The molecule has 7 N–H and O–H groups in total. The zero-order chi connectivity index (χ0) is 29.2. The summed E-state index contributed by atoms with van der Waals surface area (Å²) in [4.78, 5) is 35.6. The lowest BCUT2D eigenvalue weighted by atomic mass is 9.90. The standard InChI is InChI=1S/C28H39N11O/c1-16(2)38-9-11-39(12-10-38)27-36-23-22(24(31)37-27)32-15-33-25(23)34-19-13-18(8-7-17(19)3)26(40)35-21(30)14-20(29)28(4,5)6/h7-8,13-16,29H,9-12,30H2,1-6H3,(H,35,40)(H2,31,36,37)(H,32,33,34)/b21-14+,29-20?. The first kappa shape index (κ1) is 28.7. The minimum atomic E-state index is -0.388. The van der Waals surface area contributed by atoms with Crippen LogP contribution < -0.4 is 27.0 Å². The van der Waals surface area contributed by atoms with Gasteiger partial charge in [-0.15, -0.1) is 0 Å². The quantitative estimate of drug-likeness (QED) is 0.277. The molecule has 0 spiro atoms. The Morgan fingerprint density at radius 1 is 1.10 bits per heavy atom. The van der Waals surface area contributed by atoms with Gasteiger partial charge < -0.3 is 32.4 Å². The second kappa shape index (κ2) is 11.4. The highest BCUT2D eigenvalue weighted by atomic mass is 16.1. The summed E-state index contributed by atoms with van der Waals surface area (Å²) in [6.07, 6.45) is 2.87. The van der Waals surface area contributed by atoms with Gasteiger partial charge >= 0.3 is 0 Å². The number of nitrogens with one attached hydrogen (secondary N) is 3. The number of rotatable bonds is 7. The Morgan fingerprint density at radius 3 is 2.45 bits per heavy atom. The van der Waals surface area contributed by atoms with E-state index in [2.05, 4.69) is 49.2 Å². The fraction of sp³-hybridized carbons (Fsp3) is 0.429. The topological polar surface area (TPSA) is 175 Å². The summed E-state index contributed by atoms with van der Waals surface area (Å²) in [6, 6.07) is 5.75. The minimum Gasteiger partial charge on any atom is -0.385 e. The van der Waals surface area contributed by atoms with E-state index in [1.807, 2.05) is 33.8 Å². The Labute approximate surface area is 234 Å². The van der Waals surface area contributed by atoms with Crippen molar-refractivity contribution >= 4 is 45.9 Å². The van der Waals surface area contributed by atoms with Crippen molar-refractivity contribution in [2.45, 2.75) is 47.6 Å². The first-order valence-corrected chi connectivity index (χ1v) is 13.4.